The van der Waals surface area contributed by atoms with Crippen molar-refractivity contribution in [2.24, 2.45) is 5.73 Å². The lowest BCUT2D eigenvalue weighted by molar-refractivity contribution is -0.137. The quantitative estimate of drug-likeness (QED) is 0.578. The standard InChI is InChI=1S/C19H20FN5O3/c20-17-11-15(28-9-8-13-4-2-1-3-5-13)6-7-16(17)19-22-24-25(23-19)12-14(21)10-18(26)27/h1-7,11,14H,8-10,12,21H2,(H,26,27)/t14-/m0/s1. The van der Waals surface area contributed by atoms with Crippen molar-refractivity contribution in [2.45, 2.75) is 25.4 Å². The Balaban J connectivity index is 1.60. The molecule has 0 radical (unpaired) electrons. The Morgan fingerprint density at radius 3 is 2.75 bits per heavy atom. The van der Waals surface area contributed by atoms with Gasteiger partial charge in [-0.15, -0.1) is 10.2 Å². The number of rotatable bonds is 9. The number of hydrogen-bond donors (Lipinski definition) is 2. The van der Waals surface area contributed by atoms with E-state index in [1.54, 1.807) is 6.07 Å². The average Bonchev–Trinajstić information content (AvgIpc) is 3.10. The fourth-order valence-corrected chi connectivity index (χ4v) is 2.63. The molecule has 3 aromatic rings. The molecule has 0 amide bonds. The predicted octanol–water partition coefficient (Wildman–Crippen LogP) is 1.90. The van der Waals surface area contributed by atoms with E-state index in [0.717, 1.165) is 16.8 Å². The van der Waals surface area contributed by atoms with Gasteiger partial charge >= 0.3 is 5.97 Å². The summed E-state index contributed by atoms with van der Waals surface area (Å²) in [5.74, 6) is -1.04. The van der Waals surface area contributed by atoms with Gasteiger partial charge in [-0.3, -0.25) is 4.79 Å². The average molecular weight is 385 g/mol. The summed E-state index contributed by atoms with van der Waals surface area (Å²) in [6.07, 6.45) is 0.497. The van der Waals surface area contributed by atoms with Crippen LogP contribution in [0.15, 0.2) is 48.5 Å². The van der Waals surface area contributed by atoms with Crippen LogP contribution in [-0.2, 0) is 17.8 Å². The monoisotopic (exact) mass is 385 g/mol. The molecule has 1 heterocycles. The molecule has 146 valence electrons. The van der Waals surface area contributed by atoms with Gasteiger partial charge in [-0.25, -0.2) is 4.39 Å². The highest BCUT2D eigenvalue weighted by atomic mass is 19.1. The molecule has 1 atom stereocenters. The van der Waals surface area contributed by atoms with Gasteiger partial charge in [0.15, 0.2) is 0 Å². The number of hydrogen-bond acceptors (Lipinski definition) is 6. The number of halogens is 1. The van der Waals surface area contributed by atoms with E-state index in [-0.39, 0.29) is 24.4 Å². The number of aliphatic carboxylic acids is 1. The molecule has 1 aromatic heterocycles. The first-order valence-electron chi connectivity index (χ1n) is 8.73. The van der Waals surface area contributed by atoms with Gasteiger partial charge in [0.05, 0.1) is 25.1 Å². The minimum atomic E-state index is -1.01. The van der Waals surface area contributed by atoms with E-state index in [0.29, 0.717) is 12.4 Å². The Bertz CT molecular complexity index is 932. The van der Waals surface area contributed by atoms with Crippen LogP contribution in [0.4, 0.5) is 4.39 Å². The largest absolute Gasteiger partial charge is 0.493 e. The van der Waals surface area contributed by atoms with Gasteiger partial charge < -0.3 is 15.6 Å². The van der Waals surface area contributed by atoms with Crippen molar-refractivity contribution in [3.63, 3.8) is 0 Å². The summed E-state index contributed by atoms with van der Waals surface area (Å²) in [4.78, 5) is 11.8. The van der Waals surface area contributed by atoms with Crippen molar-refractivity contribution in [2.75, 3.05) is 6.61 Å². The number of carboxylic acids is 1. The molecule has 0 aliphatic carbocycles. The molecule has 0 fully saturated rings. The molecule has 0 aliphatic heterocycles. The first-order valence-corrected chi connectivity index (χ1v) is 8.73. The minimum absolute atomic E-state index is 0.0710. The van der Waals surface area contributed by atoms with E-state index < -0.39 is 17.8 Å². The molecule has 0 aliphatic rings. The van der Waals surface area contributed by atoms with Crippen LogP contribution < -0.4 is 10.5 Å². The fraction of sp³-hybridized carbons (Fsp3) is 0.263. The molecule has 0 saturated heterocycles. The Kier molecular flexibility index (Phi) is 6.28. The van der Waals surface area contributed by atoms with Gasteiger partial charge in [0.2, 0.25) is 5.82 Å². The number of ether oxygens (including phenoxy) is 1. The van der Waals surface area contributed by atoms with Crippen molar-refractivity contribution in [1.29, 1.82) is 0 Å². The molecule has 0 unspecified atom stereocenters. The maximum Gasteiger partial charge on any atom is 0.304 e. The van der Waals surface area contributed by atoms with Crippen LogP contribution in [0.2, 0.25) is 0 Å². The summed E-state index contributed by atoms with van der Waals surface area (Å²) in [5.41, 5.74) is 7.01. The minimum Gasteiger partial charge on any atom is -0.493 e. The van der Waals surface area contributed by atoms with Crippen molar-refractivity contribution >= 4 is 5.97 Å². The van der Waals surface area contributed by atoms with Crippen molar-refractivity contribution < 1.29 is 19.0 Å². The summed E-state index contributed by atoms with van der Waals surface area (Å²) >= 11 is 0. The summed E-state index contributed by atoms with van der Waals surface area (Å²) in [5, 5.41) is 20.4. The smallest absolute Gasteiger partial charge is 0.304 e. The Labute approximate surface area is 160 Å². The van der Waals surface area contributed by atoms with Gasteiger partial charge in [0.25, 0.3) is 0 Å². The molecule has 9 heteroatoms. The molecule has 28 heavy (non-hydrogen) atoms. The maximum atomic E-state index is 14.4. The zero-order valence-electron chi connectivity index (χ0n) is 15.0. The Morgan fingerprint density at radius 2 is 2.04 bits per heavy atom. The van der Waals surface area contributed by atoms with Gasteiger partial charge in [0.1, 0.15) is 11.6 Å². The molecule has 0 bridgehead atoms. The third kappa shape index (κ3) is 5.34. The SMILES string of the molecule is N[C@@H](CC(=O)O)Cn1nnc(-c2ccc(OCCc3ccccc3)cc2F)n1. The zero-order chi connectivity index (χ0) is 19.9. The number of carbonyl (C=O) groups is 1. The molecule has 0 spiro atoms. The van der Waals surface area contributed by atoms with E-state index in [9.17, 15) is 9.18 Å². The van der Waals surface area contributed by atoms with Crippen LogP contribution in [0.5, 0.6) is 5.75 Å². The molecule has 3 rings (SSSR count). The topological polar surface area (TPSA) is 116 Å². The Hall–Kier alpha value is -3.33. The van der Waals surface area contributed by atoms with E-state index >= 15 is 0 Å². The zero-order valence-corrected chi connectivity index (χ0v) is 15.0. The van der Waals surface area contributed by atoms with Gasteiger partial charge in [-0.2, -0.15) is 4.80 Å². The number of carboxylic acid groups (broad SMARTS) is 1. The summed E-state index contributed by atoms with van der Waals surface area (Å²) in [6, 6.07) is 13.6. The Morgan fingerprint density at radius 1 is 1.25 bits per heavy atom. The summed E-state index contributed by atoms with van der Waals surface area (Å²) < 4.78 is 20.0. The molecular weight excluding hydrogens is 365 g/mol. The lowest BCUT2D eigenvalue weighted by atomic mass is 10.1. The fourth-order valence-electron chi connectivity index (χ4n) is 2.63. The van der Waals surface area contributed by atoms with Crippen LogP contribution in [-0.4, -0.2) is 43.9 Å². The van der Waals surface area contributed by atoms with Crippen LogP contribution in [0, 0.1) is 5.82 Å². The second-order valence-electron chi connectivity index (χ2n) is 6.25. The number of nitrogens with zero attached hydrogens (tertiary/aromatic N) is 4. The molecule has 3 N–H and O–H groups in total. The van der Waals surface area contributed by atoms with Gasteiger partial charge in [-0.05, 0) is 22.9 Å². The first-order chi connectivity index (χ1) is 13.5. The molecule has 2 aromatic carbocycles. The van der Waals surface area contributed by atoms with E-state index in [4.69, 9.17) is 15.6 Å². The second kappa shape index (κ2) is 9.05. The predicted molar refractivity (Wildman–Crippen MR) is 99.1 cm³/mol. The molecule has 0 saturated carbocycles. The van der Waals surface area contributed by atoms with Crippen LogP contribution in [0.1, 0.15) is 12.0 Å². The second-order valence-corrected chi connectivity index (χ2v) is 6.25. The lowest BCUT2D eigenvalue weighted by Crippen LogP contribution is -2.30. The highest BCUT2D eigenvalue weighted by Gasteiger charge is 2.15. The highest BCUT2D eigenvalue weighted by Crippen LogP contribution is 2.23. The molecular formula is C19H20FN5O3. The van der Waals surface area contributed by atoms with Crippen molar-refractivity contribution in [3.05, 3.63) is 59.9 Å². The van der Waals surface area contributed by atoms with Crippen LogP contribution in [0.25, 0.3) is 11.4 Å². The van der Waals surface area contributed by atoms with E-state index in [1.807, 2.05) is 30.3 Å². The van der Waals surface area contributed by atoms with Crippen LogP contribution in [0.3, 0.4) is 0 Å². The molecule has 8 nitrogen and oxygen atoms in total. The third-order valence-electron chi connectivity index (χ3n) is 3.97. The van der Waals surface area contributed by atoms with Crippen molar-refractivity contribution in [1.82, 2.24) is 20.2 Å². The normalized spacial score (nSPS) is 11.9. The number of benzene rings is 2. The number of aromatic nitrogens is 4. The number of nitrogens with two attached hydrogens (primary N) is 1. The third-order valence-corrected chi connectivity index (χ3v) is 3.97. The first kappa shape index (κ1) is 19.4. The van der Waals surface area contributed by atoms with E-state index in [2.05, 4.69) is 15.4 Å². The van der Waals surface area contributed by atoms with Crippen LogP contribution >= 0.6 is 0 Å². The summed E-state index contributed by atoms with van der Waals surface area (Å²) in [7, 11) is 0. The van der Waals surface area contributed by atoms with Crippen molar-refractivity contribution in [3.8, 4) is 17.1 Å². The number of tetrazole rings is 1. The maximum absolute atomic E-state index is 14.4. The summed E-state index contributed by atoms with van der Waals surface area (Å²) in [6.45, 7) is 0.500. The van der Waals surface area contributed by atoms with Gasteiger partial charge in [-0.1, -0.05) is 30.3 Å². The highest BCUT2D eigenvalue weighted by molar-refractivity contribution is 5.67. The van der Waals surface area contributed by atoms with Gasteiger partial charge in [0, 0.05) is 18.5 Å². The lowest BCUT2D eigenvalue weighted by Gasteiger charge is -2.08. The van der Waals surface area contributed by atoms with E-state index in [1.165, 1.54) is 12.1 Å².